The number of piperazine rings is 1. The van der Waals surface area contributed by atoms with Gasteiger partial charge in [-0.2, -0.15) is 0 Å². The van der Waals surface area contributed by atoms with Gasteiger partial charge < -0.3 is 10.0 Å². The van der Waals surface area contributed by atoms with Gasteiger partial charge in [-0.25, -0.2) is 4.39 Å². The number of benzene rings is 2. The van der Waals surface area contributed by atoms with E-state index in [0.717, 1.165) is 37.4 Å². The van der Waals surface area contributed by atoms with Crippen LogP contribution in [0.1, 0.15) is 18.5 Å². The molecule has 2 aromatic rings. The summed E-state index contributed by atoms with van der Waals surface area (Å²) in [6.45, 7) is 6.02. The Balaban J connectivity index is 1.61. The van der Waals surface area contributed by atoms with Crippen molar-refractivity contribution in [3.05, 3.63) is 59.9 Å². The van der Waals surface area contributed by atoms with E-state index in [0.29, 0.717) is 11.8 Å². The molecule has 1 aliphatic rings. The number of halogens is 1. The monoisotopic (exact) mass is 300 g/mol. The minimum absolute atomic E-state index is 0.187. The first kappa shape index (κ1) is 14.9. The van der Waals surface area contributed by atoms with Gasteiger partial charge in [0.1, 0.15) is 11.6 Å². The number of anilines is 1. The van der Waals surface area contributed by atoms with Crippen LogP contribution in [-0.4, -0.2) is 36.2 Å². The number of aromatic hydroxyl groups is 1. The van der Waals surface area contributed by atoms with Gasteiger partial charge in [-0.15, -0.1) is 0 Å². The van der Waals surface area contributed by atoms with Gasteiger partial charge in [0.2, 0.25) is 0 Å². The van der Waals surface area contributed by atoms with Gasteiger partial charge in [-0.05, 0) is 48.9 Å². The molecular formula is C18H21FN2O. The lowest BCUT2D eigenvalue weighted by Gasteiger charge is -2.39. The molecule has 0 unspecified atom stereocenters. The second-order valence-electron chi connectivity index (χ2n) is 5.77. The first-order valence-electron chi connectivity index (χ1n) is 7.67. The molecule has 0 bridgehead atoms. The van der Waals surface area contributed by atoms with E-state index in [1.165, 1.54) is 12.1 Å². The Morgan fingerprint density at radius 3 is 2.09 bits per heavy atom. The van der Waals surface area contributed by atoms with Gasteiger partial charge in [0.05, 0.1) is 0 Å². The van der Waals surface area contributed by atoms with E-state index >= 15 is 0 Å². The van der Waals surface area contributed by atoms with Crippen LogP contribution in [0, 0.1) is 5.82 Å². The van der Waals surface area contributed by atoms with Gasteiger partial charge in [-0.3, -0.25) is 4.90 Å². The summed E-state index contributed by atoms with van der Waals surface area (Å²) in [7, 11) is 0. The van der Waals surface area contributed by atoms with Crippen LogP contribution in [0.2, 0.25) is 0 Å². The zero-order valence-corrected chi connectivity index (χ0v) is 12.7. The zero-order chi connectivity index (χ0) is 15.5. The average molecular weight is 300 g/mol. The SMILES string of the molecule is C[C@@H](c1ccc(F)cc1)N1CCN(c2ccc(O)cc2)CC1. The molecule has 22 heavy (non-hydrogen) atoms. The Hall–Kier alpha value is -2.07. The summed E-state index contributed by atoms with van der Waals surface area (Å²) in [4.78, 5) is 4.75. The standard InChI is InChI=1S/C18H21FN2O/c1-14(15-2-4-16(19)5-3-15)20-10-12-21(13-11-20)17-6-8-18(22)9-7-17/h2-9,14,22H,10-13H2,1H3/t14-/m0/s1. The summed E-state index contributed by atoms with van der Waals surface area (Å²) in [5.41, 5.74) is 2.30. The van der Waals surface area contributed by atoms with E-state index in [2.05, 4.69) is 16.7 Å². The molecule has 1 N–H and O–H groups in total. The molecule has 2 aromatic carbocycles. The molecule has 0 saturated carbocycles. The number of rotatable bonds is 3. The predicted octanol–water partition coefficient (Wildman–Crippen LogP) is 3.41. The largest absolute Gasteiger partial charge is 0.508 e. The minimum Gasteiger partial charge on any atom is -0.508 e. The van der Waals surface area contributed by atoms with Crippen LogP contribution in [-0.2, 0) is 0 Å². The third kappa shape index (κ3) is 3.22. The molecule has 0 aromatic heterocycles. The highest BCUT2D eigenvalue weighted by atomic mass is 19.1. The molecule has 0 aliphatic carbocycles. The summed E-state index contributed by atoms with van der Waals surface area (Å²) < 4.78 is 13.0. The second-order valence-corrected chi connectivity index (χ2v) is 5.77. The molecule has 0 spiro atoms. The maximum atomic E-state index is 13.0. The highest BCUT2D eigenvalue weighted by Gasteiger charge is 2.22. The molecule has 1 fully saturated rings. The van der Waals surface area contributed by atoms with Crippen molar-refractivity contribution in [3.8, 4) is 5.75 Å². The van der Waals surface area contributed by atoms with Crippen LogP contribution in [0.4, 0.5) is 10.1 Å². The maximum Gasteiger partial charge on any atom is 0.123 e. The summed E-state index contributed by atoms with van der Waals surface area (Å²) in [5, 5.41) is 9.36. The summed E-state index contributed by atoms with van der Waals surface area (Å²) in [6.07, 6.45) is 0. The fourth-order valence-electron chi connectivity index (χ4n) is 2.98. The molecule has 0 radical (unpaired) electrons. The lowest BCUT2D eigenvalue weighted by atomic mass is 10.1. The third-order valence-corrected chi connectivity index (χ3v) is 4.43. The van der Waals surface area contributed by atoms with Crippen molar-refractivity contribution in [2.24, 2.45) is 0 Å². The van der Waals surface area contributed by atoms with Crippen molar-refractivity contribution in [3.63, 3.8) is 0 Å². The topological polar surface area (TPSA) is 26.7 Å². The average Bonchev–Trinajstić information content (AvgIpc) is 2.56. The Labute approximate surface area is 130 Å². The molecule has 4 heteroatoms. The summed E-state index contributed by atoms with van der Waals surface area (Å²) in [6, 6.07) is 14.4. The normalized spacial score (nSPS) is 17.5. The van der Waals surface area contributed by atoms with Crippen LogP contribution >= 0.6 is 0 Å². The zero-order valence-electron chi connectivity index (χ0n) is 12.7. The van der Waals surface area contributed by atoms with Crippen LogP contribution in [0.5, 0.6) is 5.75 Å². The highest BCUT2D eigenvalue weighted by Crippen LogP contribution is 2.24. The van der Waals surface area contributed by atoms with Crippen molar-refractivity contribution in [2.45, 2.75) is 13.0 Å². The fraction of sp³-hybridized carbons (Fsp3) is 0.333. The van der Waals surface area contributed by atoms with E-state index in [4.69, 9.17) is 0 Å². The molecule has 3 nitrogen and oxygen atoms in total. The van der Waals surface area contributed by atoms with Crippen molar-refractivity contribution in [2.75, 3.05) is 31.1 Å². The van der Waals surface area contributed by atoms with E-state index < -0.39 is 0 Å². The van der Waals surface area contributed by atoms with E-state index in [9.17, 15) is 9.50 Å². The molecule has 0 amide bonds. The first-order chi connectivity index (χ1) is 10.6. The number of phenols is 1. The molecule has 1 aliphatic heterocycles. The molecule has 3 rings (SSSR count). The molecule has 1 atom stereocenters. The van der Waals surface area contributed by atoms with Gasteiger partial charge in [0.25, 0.3) is 0 Å². The Morgan fingerprint density at radius 2 is 1.50 bits per heavy atom. The number of hydrogen-bond donors (Lipinski definition) is 1. The third-order valence-electron chi connectivity index (χ3n) is 4.43. The van der Waals surface area contributed by atoms with Gasteiger partial charge in [0.15, 0.2) is 0 Å². The molecule has 1 heterocycles. The van der Waals surface area contributed by atoms with Crippen LogP contribution < -0.4 is 4.90 Å². The second kappa shape index (κ2) is 6.36. The number of phenolic OH excluding ortho intramolecular Hbond substituents is 1. The Morgan fingerprint density at radius 1 is 0.909 bits per heavy atom. The first-order valence-corrected chi connectivity index (χ1v) is 7.67. The molecular weight excluding hydrogens is 279 g/mol. The Bertz CT molecular complexity index is 604. The summed E-state index contributed by atoms with van der Waals surface area (Å²) in [5.74, 6) is 0.111. The van der Waals surface area contributed by atoms with E-state index in [1.54, 1.807) is 12.1 Å². The van der Waals surface area contributed by atoms with Crippen LogP contribution in [0.25, 0.3) is 0 Å². The lowest BCUT2D eigenvalue weighted by Crippen LogP contribution is -2.47. The van der Waals surface area contributed by atoms with Crippen molar-refractivity contribution in [1.82, 2.24) is 4.90 Å². The minimum atomic E-state index is -0.187. The fourth-order valence-corrected chi connectivity index (χ4v) is 2.98. The molecule has 1 saturated heterocycles. The van der Waals surface area contributed by atoms with Crippen molar-refractivity contribution in [1.29, 1.82) is 0 Å². The predicted molar refractivity (Wildman–Crippen MR) is 86.7 cm³/mol. The Kier molecular flexibility index (Phi) is 4.29. The van der Waals surface area contributed by atoms with E-state index in [-0.39, 0.29) is 5.82 Å². The quantitative estimate of drug-likeness (QED) is 0.941. The van der Waals surface area contributed by atoms with Gasteiger partial charge >= 0.3 is 0 Å². The number of nitrogens with zero attached hydrogens (tertiary/aromatic N) is 2. The van der Waals surface area contributed by atoms with Gasteiger partial charge in [-0.1, -0.05) is 12.1 Å². The van der Waals surface area contributed by atoms with Crippen molar-refractivity contribution >= 4 is 5.69 Å². The smallest absolute Gasteiger partial charge is 0.123 e. The maximum absolute atomic E-state index is 13.0. The van der Waals surface area contributed by atoms with E-state index in [1.807, 2.05) is 24.3 Å². The number of hydrogen-bond acceptors (Lipinski definition) is 3. The van der Waals surface area contributed by atoms with Crippen molar-refractivity contribution < 1.29 is 9.50 Å². The van der Waals surface area contributed by atoms with Crippen LogP contribution in [0.15, 0.2) is 48.5 Å². The summed E-state index contributed by atoms with van der Waals surface area (Å²) >= 11 is 0. The lowest BCUT2D eigenvalue weighted by molar-refractivity contribution is 0.198. The highest BCUT2D eigenvalue weighted by molar-refractivity contribution is 5.49. The van der Waals surface area contributed by atoms with Gasteiger partial charge in [0, 0.05) is 37.9 Å². The van der Waals surface area contributed by atoms with Crippen LogP contribution in [0.3, 0.4) is 0 Å². The molecule has 116 valence electrons.